The molecule has 1 unspecified atom stereocenters. The van der Waals surface area contributed by atoms with Gasteiger partial charge < -0.3 is 10.1 Å². The predicted molar refractivity (Wildman–Crippen MR) is 71.8 cm³/mol. The molecule has 0 bridgehead atoms. The standard InChI is InChI=1S/C14H18FN3O/c1-4-18-12(7-8-17-18)14(16-2)10-5-6-13(19-3)11(15)9-10/h5-9,14,16H,4H2,1-3H3. The van der Waals surface area contributed by atoms with Crippen molar-refractivity contribution in [2.24, 2.45) is 0 Å². The van der Waals surface area contributed by atoms with Gasteiger partial charge in [0.25, 0.3) is 0 Å². The maximum atomic E-state index is 13.8. The Labute approximate surface area is 112 Å². The number of hydrogen-bond donors (Lipinski definition) is 1. The van der Waals surface area contributed by atoms with Crippen LogP contribution in [-0.4, -0.2) is 23.9 Å². The second-order valence-electron chi connectivity index (χ2n) is 4.19. The summed E-state index contributed by atoms with van der Waals surface area (Å²) in [7, 11) is 3.31. The summed E-state index contributed by atoms with van der Waals surface area (Å²) >= 11 is 0. The van der Waals surface area contributed by atoms with E-state index in [-0.39, 0.29) is 17.6 Å². The molecular weight excluding hydrogens is 245 g/mol. The van der Waals surface area contributed by atoms with Crippen LogP contribution in [0.2, 0.25) is 0 Å². The summed E-state index contributed by atoms with van der Waals surface area (Å²) in [6.45, 7) is 2.80. The number of methoxy groups -OCH3 is 1. The van der Waals surface area contributed by atoms with E-state index in [0.717, 1.165) is 17.8 Å². The van der Waals surface area contributed by atoms with Gasteiger partial charge in [-0.1, -0.05) is 6.07 Å². The van der Waals surface area contributed by atoms with Crippen LogP contribution in [0.4, 0.5) is 4.39 Å². The smallest absolute Gasteiger partial charge is 0.165 e. The van der Waals surface area contributed by atoms with E-state index in [0.29, 0.717) is 0 Å². The summed E-state index contributed by atoms with van der Waals surface area (Å²) in [5, 5.41) is 7.44. The quantitative estimate of drug-likeness (QED) is 0.900. The molecule has 0 fully saturated rings. The summed E-state index contributed by atoms with van der Waals surface area (Å²) in [5.41, 5.74) is 1.85. The molecule has 102 valence electrons. The number of aryl methyl sites for hydroxylation is 1. The molecule has 0 amide bonds. The van der Waals surface area contributed by atoms with Crippen LogP contribution in [0.5, 0.6) is 5.75 Å². The van der Waals surface area contributed by atoms with E-state index in [1.54, 1.807) is 12.3 Å². The summed E-state index contributed by atoms with van der Waals surface area (Å²) in [6.07, 6.45) is 1.75. The van der Waals surface area contributed by atoms with Gasteiger partial charge in [-0.2, -0.15) is 5.10 Å². The molecule has 1 aromatic heterocycles. The Hall–Kier alpha value is -1.88. The van der Waals surface area contributed by atoms with E-state index in [1.807, 2.05) is 30.8 Å². The highest BCUT2D eigenvalue weighted by molar-refractivity contribution is 5.34. The molecular formula is C14H18FN3O. The van der Waals surface area contributed by atoms with Crippen LogP contribution < -0.4 is 10.1 Å². The molecule has 19 heavy (non-hydrogen) atoms. The number of rotatable bonds is 5. The lowest BCUT2D eigenvalue weighted by Gasteiger charge is -2.18. The van der Waals surface area contributed by atoms with Gasteiger partial charge in [-0.25, -0.2) is 4.39 Å². The van der Waals surface area contributed by atoms with Crippen LogP contribution in [0.15, 0.2) is 30.5 Å². The monoisotopic (exact) mass is 263 g/mol. The third-order valence-electron chi connectivity index (χ3n) is 3.14. The zero-order chi connectivity index (χ0) is 13.8. The van der Waals surface area contributed by atoms with Crippen LogP contribution >= 0.6 is 0 Å². The van der Waals surface area contributed by atoms with Gasteiger partial charge >= 0.3 is 0 Å². The SMILES string of the molecule is CCn1nccc1C(NC)c1ccc(OC)c(F)c1. The van der Waals surface area contributed by atoms with Crippen LogP contribution in [0.3, 0.4) is 0 Å². The Morgan fingerprint density at radius 1 is 1.42 bits per heavy atom. The second kappa shape index (κ2) is 5.84. The molecule has 0 spiro atoms. The lowest BCUT2D eigenvalue weighted by atomic mass is 10.0. The summed E-state index contributed by atoms with van der Waals surface area (Å²) in [4.78, 5) is 0. The predicted octanol–water partition coefficient (Wildman–Crippen LogP) is 2.36. The number of aromatic nitrogens is 2. The number of benzene rings is 1. The largest absolute Gasteiger partial charge is 0.494 e. The average molecular weight is 263 g/mol. The van der Waals surface area contributed by atoms with E-state index in [9.17, 15) is 4.39 Å². The van der Waals surface area contributed by atoms with Crippen molar-refractivity contribution >= 4 is 0 Å². The fraction of sp³-hybridized carbons (Fsp3) is 0.357. The topological polar surface area (TPSA) is 39.1 Å². The minimum atomic E-state index is -0.359. The Kier molecular flexibility index (Phi) is 4.16. The average Bonchev–Trinajstić information content (AvgIpc) is 2.88. The van der Waals surface area contributed by atoms with Gasteiger partial charge in [0.05, 0.1) is 18.8 Å². The van der Waals surface area contributed by atoms with E-state index >= 15 is 0 Å². The summed E-state index contributed by atoms with van der Waals surface area (Å²) < 4.78 is 20.6. The first kappa shape index (κ1) is 13.5. The zero-order valence-electron chi connectivity index (χ0n) is 11.4. The molecule has 4 nitrogen and oxygen atoms in total. The molecule has 5 heteroatoms. The lowest BCUT2D eigenvalue weighted by molar-refractivity contribution is 0.385. The lowest BCUT2D eigenvalue weighted by Crippen LogP contribution is -2.21. The number of hydrogen-bond acceptors (Lipinski definition) is 3. The maximum Gasteiger partial charge on any atom is 0.165 e. The van der Waals surface area contributed by atoms with Gasteiger partial charge in [0.15, 0.2) is 11.6 Å². The van der Waals surface area contributed by atoms with Gasteiger partial charge in [-0.05, 0) is 37.7 Å². The molecule has 1 N–H and O–H groups in total. The van der Waals surface area contributed by atoms with E-state index < -0.39 is 0 Å². The first-order valence-electron chi connectivity index (χ1n) is 6.23. The highest BCUT2D eigenvalue weighted by atomic mass is 19.1. The fourth-order valence-electron chi connectivity index (χ4n) is 2.20. The maximum absolute atomic E-state index is 13.8. The van der Waals surface area contributed by atoms with Gasteiger partial charge in [-0.15, -0.1) is 0 Å². The number of nitrogens with zero attached hydrogens (tertiary/aromatic N) is 2. The highest BCUT2D eigenvalue weighted by Crippen LogP contribution is 2.26. The summed E-state index contributed by atoms with van der Waals surface area (Å²) in [6, 6.07) is 6.83. The molecule has 2 rings (SSSR count). The van der Waals surface area contributed by atoms with Crippen LogP contribution in [0.1, 0.15) is 24.2 Å². The van der Waals surface area contributed by atoms with E-state index in [2.05, 4.69) is 10.4 Å². The van der Waals surface area contributed by atoms with Gasteiger partial charge in [-0.3, -0.25) is 4.68 Å². The molecule has 1 atom stereocenters. The van der Waals surface area contributed by atoms with Crippen molar-refractivity contribution in [3.8, 4) is 5.75 Å². The first-order valence-corrected chi connectivity index (χ1v) is 6.23. The Morgan fingerprint density at radius 3 is 2.79 bits per heavy atom. The van der Waals surface area contributed by atoms with E-state index in [1.165, 1.54) is 13.2 Å². The second-order valence-corrected chi connectivity index (χ2v) is 4.19. The third kappa shape index (κ3) is 2.61. The van der Waals surface area contributed by atoms with Gasteiger partial charge in [0.1, 0.15) is 0 Å². The van der Waals surface area contributed by atoms with Crippen molar-refractivity contribution < 1.29 is 9.13 Å². The molecule has 1 heterocycles. The Morgan fingerprint density at radius 2 is 2.21 bits per heavy atom. The minimum absolute atomic E-state index is 0.0946. The molecule has 2 aromatic rings. The van der Waals surface area contributed by atoms with Crippen molar-refractivity contribution in [1.82, 2.24) is 15.1 Å². The molecule has 0 aliphatic rings. The van der Waals surface area contributed by atoms with Gasteiger partial charge in [0, 0.05) is 12.7 Å². The molecule has 0 saturated heterocycles. The first-order chi connectivity index (χ1) is 9.21. The van der Waals surface area contributed by atoms with Crippen molar-refractivity contribution in [3.05, 3.63) is 47.5 Å². The van der Waals surface area contributed by atoms with Crippen molar-refractivity contribution in [2.75, 3.05) is 14.2 Å². The molecule has 1 aromatic carbocycles. The Balaban J connectivity index is 2.40. The highest BCUT2D eigenvalue weighted by Gasteiger charge is 2.17. The van der Waals surface area contributed by atoms with E-state index in [4.69, 9.17) is 4.74 Å². The molecule has 0 aliphatic heterocycles. The normalized spacial score (nSPS) is 12.4. The van der Waals surface area contributed by atoms with Crippen molar-refractivity contribution in [3.63, 3.8) is 0 Å². The van der Waals surface area contributed by atoms with Crippen molar-refractivity contribution in [1.29, 1.82) is 0 Å². The molecule has 0 saturated carbocycles. The summed E-state index contributed by atoms with van der Waals surface area (Å²) in [5.74, 6) is -0.106. The minimum Gasteiger partial charge on any atom is -0.494 e. The number of nitrogens with one attached hydrogen (secondary N) is 1. The number of ether oxygens (including phenoxy) is 1. The van der Waals surface area contributed by atoms with Gasteiger partial charge in [0.2, 0.25) is 0 Å². The van der Waals surface area contributed by atoms with Crippen LogP contribution in [0, 0.1) is 5.82 Å². The van der Waals surface area contributed by atoms with Crippen LogP contribution in [-0.2, 0) is 6.54 Å². The van der Waals surface area contributed by atoms with Crippen molar-refractivity contribution in [2.45, 2.75) is 19.5 Å². The van der Waals surface area contributed by atoms with Crippen LogP contribution in [0.25, 0.3) is 0 Å². The molecule has 0 aliphatic carbocycles. The zero-order valence-corrected chi connectivity index (χ0v) is 11.4. The third-order valence-corrected chi connectivity index (χ3v) is 3.14. The fourth-order valence-corrected chi connectivity index (χ4v) is 2.20. The molecule has 0 radical (unpaired) electrons. The number of halogens is 1. The Bertz CT molecular complexity index is 553.